The molecule has 150 valence electrons. The Morgan fingerprint density at radius 2 is 1.81 bits per heavy atom. The van der Waals surface area contributed by atoms with E-state index in [1.807, 2.05) is 24.3 Å². The van der Waals surface area contributed by atoms with E-state index < -0.39 is 10.0 Å². The van der Waals surface area contributed by atoms with Crippen molar-refractivity contribution in [2.45, 2.75) is 70.0 Å². The van der Waals surface area contributed by atoms with Crippen molar-refractivity contribution in [3.05, 3.63) is 29.8 Å². The van der Waals surface area contributed by atoms with Crippen molar-refractivity contribution in [1.82, 2.24) is 9.62 Å². The Hall–Kier alpha value is -1.60. The van der Waals surface area contributed by atoms with Gasteiger partial charge in [-0.15, -0.1) is 0 Å². The summed E-state index contributed by atoms with van der Waals surface area (Å²) in [7, 11) is -3.16. The van der Waals surface area contributed by atoms with E-state index in [0.717, 1.165) is 43.4 Å². The van der Waals surface area contributed by atoms with Crippen LogP contribution < -0.4 is 10.1 Å². The van der Waals surface area contributed by atoms with Gasteiger partial charge in [0.05, 0.1) is 12.9 Å². The first-order valence-corrected chi connectivity index (χ1v) is 11.7. The standard InChI is InChI=1S/C20H30N2O4S/c1-3-12-26-19-9-4-15(5-10-19)6-11-20(23)21-16-13-17-7-8-18(14-16)22(17)27(2,24)25/h4-5,9-10,16-18H,3,6-8,11-14H2,1-2H3,(H,21,23). The fourth-order valence-corrected chi connectivity index (χ4v) is 5.79. The van der Waals surface area contributed by atoms with Crippen LogP contribution in [0.15, 0.2) is 24.3 Å². The van der Waals surface area contributed by atoms with Crippen LogP contribution >= 0.6 is 0 Å². The SMILES string of the molecule is CCCOc1ccc(CCC(=O)NC2CC3CCC(C2)N3S(C)(=O)=O)cc1. The van der Waals surface area contributed by atoms with Gasteiger partial charge >= 0.3 is 0 Å². The van der Waals surface area contributed by atoms with Crippen molar-refractivity contribution in [3.63, 3.8) is 0 Å². The Labute approximate surface area is 162 Å². The molecule has 0 spiro atoms. The smallest absolute Gasteiger partial charge is 0.220 e. The van der Waals surface area contributed by atoms with Gasteiger partial charge in [0.15, 0.2) is 0 Å². The molecule has 2 saturated heterocycles. The molecule has 1 aromatic rings. The molecule has 3 rings (SSSR count). The predicted octanol–water partition coefficient (Wildman–Crippen LogP) is 2.48. The second kappa shape index (κ2) is 8.61. The molecule has 2 aliphatic rings. The van der Waals surface area contributed by atoms with Crippen LogP contribution in [0.2, 0.25) is 0 Å². The molecular weight excluding hydrogens is 364 g/mol. The molecule has 2 heterocycles. The fraction of sp³-hybridized carbons (Fsp3) is 0.650. The molecule has 2 bridgehead atoms. The number of aryl methyl sites for hydroxylation is 1. The lowest BCUT2D eigenvalue weighted by Gasteiger charge is -2.37. The van der Waals surface area contributed by atoms with Crippen molar-refractivity contribution < 1.29 is 17.9 Å². The number of nitrogens with zero attached hydrogens (tertiary/aromatic N) is 1. The Bertz CT molecular complexity index is 734. The Kier molecular flexibility index (Phi) is 6.42. The molecule has 0 saturated carbocycles. The molecule has 1 N–H and O–H groups in total. The number of fused-ring (bicyclic) bond motifs is 2. The monoisotopic (exact) mass is 394 g/mol. The van der Waals surface area contributed by atoms with Gasteiger partial charge < -0.3 is 10.1 Å². The van der Waals surface area contributed by atoms with Crippen molar-refractivity contribution >= 4 is 15.9 Å². The van der Waals surface area contributed by atoms with Crippen molar-refractivity contribution in [2.24, 2.45) is 0 Å². The van der Waals surface area contributed by atoms with Gasteiger partial charge in [-0.2, -0.15) is 4.31 Å². The van der Waals surface area contributed by atoms with Crippen LogP contribution in [0.25, 0.3) is 0 Å². The number of hydrogen-bond donors (Lipinski definition) is 1. The summed E-state index contributed by atoms with van der Waals surface area (Å²) in [6.07, 6.45) is 6.64. The maximum atomic E-state index is 12.3. The Balaban J connectivity index is 1.45. The highest BCUT2D eigenvalue weighted by Crippen LogP contribution is 2.37. The van der Waals surface area contributed by atoms with Gasteiger partial charge in [0.1, 0.15) is 5.75 Å². The molecule has 2 atom stereocenters. The van der Waals surface area contributed by atoms with E-state index in [1.165, 1.54) is 6.26 Å². The van der Waals surface area contributed by atoms with E-state index in [1.54, 1.807) is 4.31 Å². The Morgan fingerprint density at radius 3 is 2.37 bits per heavy atom. The maximum Gasteiger partial charge on any atom is 0.220 e. The molecule has 6 nitrogen and oxygen atoms in total. The molecule has 1 aromatic carbocycles. The summed E-state index contributed by atoms with van der Waals surface area (Å²) < 4.78 is 31.1. The molecule has 0 aliphatic carbocycles. The summed E-state index contributed by atoms with van der Waals surface area (Å²) in [4.78, 5) is 12.3. The van der Waals surface area contributed by atoms with Crippen LogP contribution in [0.3, 0.4) is 0 Å². The molecule has 0 radical (unpaired) electrons. The average Bonchev–Trinajstić information content (AvgIpc) is 2.91. The van der Waals surface area contributed by atoms with E-state index in [0.29, 0.717) is 19.4 Å². The number of hydrogen-bond acceptors (Lipinski definition) is 4. The Morgan fingerprint density at radius 1 is 1.19 bits per heavy atom. The number of carbonyl (C=O) groups excluding carboxylic acids is 1. The summed E-state index contributed by atoms with van der Waals surface area (Å²) in [5, 5.41) is 3.12. The van der Waals surface area contributed by atoms with Gasteiger partial charge in [-0.05, 0) is 56.2 Å². The summed E-state index contributed by atoms with van der Waals surface area (Å²) in [5.74, 6) is 0.900. The van der Waals surface area contributed by atoms with Crippen LogP contribution in [-0.2, 0) is 21.2 Å². The van der Waals surface area contributed by atoms with Gasteiger partial charge in [0.25, 0.3) is 0 Å². The van der Waals surface area contributed by atoms with Gasteiger partial charge in [0, 0.05) is 24.5 Å². The van der Waals surface area contributed by atoms with E-state index in [4.69, 9.17) is 4.74 Å². The van der Waals surface area contributed by atoms with Crippen LogP contribution in [0.1, 0.15) is 51.0 Å². The highest BCUT2D eigenvalue weighted by molar-refractivity contribution is 7.88. The predicted molar refractivity (Wildman–Crippen MR) is 105 cm³/mol. The second-order valence-electron chi connectivity index (χ2n) is 7.71. The summed E-state index contributed by atoms with van der Waals surface area (Å²) >= 11 is 0. The van der Waals surface area contributed by atoms with Gasteiger partial charge in [-0.3, -0.25) is 4.79 Å². The van der Waals surface area contributed by atoms with Gasteiger partial charge in [-0.1, -0.05) is 19.1 Å². The zero-order chi connectivity index (χ0) is 19.4. The minimum Gasteiger partial charge on any atom is -0.494 e. The van der Waals surface area contributed by atoms with E-state index in [2.05, 4.69) is 12.2 Å². The first kappa shape index (κ1) is 20.1. The largest absolute Gasteiger partial charge is 0.494 e. The normalized spacial score (nSPS) is 25.3. The number of benzene rings is 1. The van der Waals surface area contributed by atoms with E-state index >= 15 is 0 Å². The van der Waals surface area contributed by atoms with Crippen molar-refractivity contribution in [2.75, 3.05) is 12.9 Å². The highest BCUT2D eigenvalue weighted by Gasteiger charge is 2.45. The third kappa shape index (κ3) is 5.23. The number of piperidine rings is 1. The first-order valence-electron chi connectivity index (χ1n) is 9.86. The topological polar surface area (TPSA) is 75.7 Å². The summed E-state index contributed by atoms with van der Waals surface area (Å²) in [6.45, 7) is 2.78. The fourth-order valence-electron chi connectivity index (χ4n) is 4.32. The number of nitrogens with one attached hydrogen (secondary N) is 1. The van der Waals surface area contributed by atoms with Gasteiger partial charge in [0.2, 0.25) is 15.9 Å². The summed E-state index contributed by atoms with van der Waals surface area (Å²) in [6, 6.07) is 8.06. The first-order chi connectivity index (χ1) is 12.9. The molecule has 2 unspecified atom stereocenters. The molecule has 2 aliphatic heterocycles. The van der Waals surface area contributed by atoms with Crippen molar-refractivity contribution in [3.8, 4) is 5.75 Å². The molecule has 2 fully saturated rings. The van der Waals surface area contributed by atoms with E-state index in [-0.39, 0.29) is 24.0 Å². The van der Waals surface area contributed by atoms with Crippen LogP contribution in [0.4, 0.5) is 0 Å². The number of rotatable bonds is 8. The quantitative estimate of drug-likeness (QED) is 0.735. The van der Waals surface area contributed by atoms with Gasteiger partial charge in [-0.25, -0.2) is 8.42 Å². The van der Waals surface area contributed by atoms with Crippen LogP contribution in [0.5, 0.6) is 5.75 Å². The molecule has 27 heavy (non-hydrogen) atoms. The molecule has 1 amide bonds. The zero-order valence-electron chi connectivity index (χ0n) is 16.2. The average molecular weight is 395 g/mol. The maximum absolute atomic E-state index is 12.3. The third-order valence-corrected chi connectivity index (χ3v) is 6.81. The van der Waals surface area contributed by atoms with Crippen molar-refractivity contribution in [1.29, 1.82) is 0 Å². The van der Waals surface area contributed by atoms with Crippen LogP contribution in [-0.4, -0.2) is 49.6 Å². The molecule has 0 aromatic heterocycles. The lowest BCUT2D eigenvalue weighted by molar-refractivity contribution is -0.122. The number of ether oxygens (including phenoxy) is 1. The third-order valence-electron chi connectivity index (χ3n) is 5.45. The number of sulfonamides is 1. The lowest BCUT2D eigenvalue weighted by atomic mass is 9.99. The highest BCUT2D eigenvalue weighted by atomic mass is 32.2. The minimum atomic E-state index is -3.16. The minimum absolute atomic E-state index is 0.0403. The molecular formula is C20H30N2O4S. The molecule has 7 heteroatoms. The number of carbonyl (C=O) groups is 1. The second-order valence-corrected chi connectivity index (χ2v) is 9.59. The van der Waals surface area contributed by atoms with Crippen LogP contribution in [0, 0.1) is 0 Å². The summed E-state index contributed by atoms with van der Waals surface area (Å²) in [5.41, 5.74) is 1.11. The number of amides is 1. The lowest BCUT2D eigenvalue weighted by Crippen LogP contribution is -2.52. The van der Waals surface area contributed by atoms with E-state index in [9.17, 15) is 13.2 Å². The zero-order valence-corrected chi connectivity index (χ0v) is 17.0.